The molecule has 1 rings (SSSR count). The summed E-state index contributed by atoms with van der Waals surface area (Å²) >= 11 is 0. The van der Waals surface area contributed by atoms with Gasteiger partial charge in [-0.05, 0) is 26.3 Å². The van der Waals surface area contributed by atoms with Gasteiger partial charge in [0.1, 0.15) is 0 Å². The number of likely N-dealkylation sites (N-methyl/N-ethyl adjacent to an activating group) is 1. The molecule has 84 valence electrons. The van der Waals surface area contributed by atoms with Crippen LogP contribution >= 0.6 is 0 Å². The molecule has 1 N–H and O–H groups in total. The molecule has 0 aromatic rings. The molecule has 0 saturated heterocycles. The average Bonchev–Trinajstić information content (AvgIpc) is 2.30. The van der Waals surface area contributed by atoms with Crippen LogP contribution in [0.15, 0.2) is 0 Å². The normalized spacial score (nSPS) is 21.9. The Morgan fingerprint density at radius 2 is 1.79 bits per heavy atom. The summed E-state index contributed by atoms with van der Waals surface area (Å²) in [7, 11) is 1.41. The van der Waals surface area contributed by atoms with Crippen LogP contribution < -0.4 is 0 Å². The molecule has 0 aliphatic heterocycles. The van der Waals surface area contributed by atoms with Crippen molar-refractivity contribution in [3.8, 4) is 0 Å². The molecule has 1 aliphatic carbocycles. The number of hydrogen-bond donors (Lipinski definition) is 1. The number of rotatable bonds is 4. The van der Waals surface area contributed by atoms with Crippen molar-refractivity contribution in [1.82, 2.24) is 4.90 Å². The van der Waals surface area contributed by atoms with E-state index in [0.717, 1.165) is 12.8 Å². The van der Waals surface area contributed by atoms with Crippen LogP contribution in [0.5, 0.6) is 0 Å². The first-order chi connectivity index (χ1) is 6.31. The maximum absolute atomic E-state index is 12.0. The first-order valence-electron chi connectivity index (χ1n) is 4.93. The molecule has 0 atom stereocenters. The third kappa shape index (κ3) is 3.88. The molecule has 0 bridgehead atoms. The Bertz CT molecular complexity index is 192. The van der Waals surface area contributed by atoms with E-state index in [1.54, 1.807) is 0 Å². The molecule has 14 heavy (non-hydrogen) atoms. The summed E-state index contributed by atoms with van der Waals surface area (Å²) in [6, 6.07) is 0. The average molecular weight is 210 g/mol. The van der Waals surface area contributed by atoms with Crippen LogP contribution in [0.3, 0.4) is 0 Å². The van der Waals surface area contributed by atoms with Crippen LogP contribution in [0, 0.1) is 0 Å². The standard InChI is InChI=1S/C8H16BF3NO/c1-13(7-9(10,11)12)6-8(14)4-2-3-5-8/h14H,2-7H2,1H3/q-1. The van der Waals surface area contributed by atoms with Gasteiger partial charge in [0, 0.05) is 6.54 Å². The quantitative estimate of drug-likeness (QED) is 0.712. The van der Waals surface area contributed by atoms with Gasteiger partial charge in [-0.15, -0.1) is 0 Å². The monoisotopic (exact) mass is 210 g/mol. The highest BCUT2D eigenvalue weighted by Gasteiger charge is 2.34. The second kappa shape index (κ2) is 4.10. The lowest BCUT2D eigenvalue weighted by Gasteiger charge is -2.31. The molecule has 1 saturated carbocycles. The molecule has 6 heteroatoms. The molecule has 0 aromatic carbocycles. The van der Waals surface area contributed by atoms with E-state index in [0.29, 0.717) is 12.8 Å². The van der Waals surface area contributed by atoms with Gasteiger partial charge in [-0.2, -0.15) is 0 Å². The SMILES string of the molecule is CN(C[B-](F)(F)F)CC1(O)CCCC1. The van der Waals surface area contributed by atoms with Crippen molar-refractivity contribution in [2.24, 2.45) is 0 Å². The van der Waals surface area contributed by atoms with Gasteiger partial charge < -0.3 is 23.0 Å². The predicted octanol–water partition coefficient (Wildman–Crippen LogP) is 1.61. The van der Waals surface area contributed by atoms with E-state index in [1.807, 2.05) is 0 Å². The summed E-state index contributed by atoms with van der Waals surface area (Å²) in [5, 5.41) is 9.86. The summed E-state index contributed by atoms with van der Waals surface area (Å²) < 4.78 is 36.1. The number of nitrogens with zero attached hydrogens (tertiary/aromatic N) is 1. The van der Waals surface area contributed by atoms with Crippen molar-refractivity contribution >= 4 is 6.98 Å². The number of aliphatic hydroxyl groups is 1. The highest BCUT2D eigenvalue weighted by Crippen LogP contribution is 2.30. The van der Waals surface area contributed by atoms with Crippen LogP contribution in [-0.2, 0) is 0 Å². The van der Waals surface area contributed by atoms with Crippen LogP contribution in [-0.4, -0.2) is 42.6 Å². The lowest BCUT2D eigenvalue weighted by atomic mass is 9.90. The molecular formula is C8H16BF3NO-. The van der Waals surface area contributed by atoms with Gasteiger partial charge in [-0.25, -0.2) is 0 Å². The predicted molar refractivity (Wildman–Crippen MR) is 50.0 cm³/mol. The van der Waals surface area contributed by atoms with Gasteiger partial charge in [0.25, 0.3) is 0 Å². The first kappa shape index (κ1) is 11.8. The molecule has 0 radical (unpaired) electrons. The summed E-state index contributed by atoms with van der Waals surface area (Å²) in [6.07, 6.45) is 2.20. The number of hydrogen-bond acceptors (Lipinski definition) is 2. The van der Waals surface area contributed by atoms with E-state index in [1.165, 1.54) is 11.9 Å². The van der Waals surface area contributed by atoms with E-state index in [-0.39, 0.29) is 6.54 Å². The van der Waals surface area contributed by atoms with Crippen LogP contribution in [0.2, 0.25) is 0 Å². The van der Waals surface area contributed by atoms with Crippen LogP contribution in [0.4, 0.5) is 12.9 Å². The summed E-state index contributed by atoms with van der Waals surface area (Å²) in [5.74, 6) is 0. The lowest BCUT2D eigenvalue weighted by molar-refractivity contribution is 0.0188. The zero-order valence-electron chi connectivity index (χ0n) is 8.35. The highest BCUT2D eigenvalue weighted by molar-refractivity contribution is 6.58. The van der Waals surface area contributed by atoms with Crippen molar-refractivity contribution in [2.75, 3.05) is 20.0 Å². The van der Waals surface area contributed by atoms with Gasteiger partial charge >= 0.3 is 6.98 Å². The largest absolute Gasteiger partial charge is 0.492 e. The van der Waals surface area contributed by atoms with Crippen molar-refractivity contribution in [3.05, 3.63) is 0 Å². The van der Waals surface area contributed by atoms with Crippen molar-refractivity contribution in [2.45, 2.75) is 31.3 Å². The molecule has 0 amide bonds. The van der Waals surface area contributed by atoms with Crippen LogP contribution in [0.1, 0.15) is 25.7 Å². The molecule has 0 spiro atoms. The maximum atomic E-state index is 12.0. The Morgan fingerprint density at radius 3 is 2.21 bits per heavy atom. The third-order valence-electron chi connectivity index (χ3n) is 2.62. The van der Waals surface area contributed by atoms with Gasteiger partial charge in [0.2, 0.25) is 0 Å². The smallest absolute Gasteiger partial charge is 0.448 e. The molecule has 0 heterocycles. The van der Waals surface area contributed by atoms with E-state index in [9.17, 15) is 18.1 Å². The van der Waals surface area contributed by atoms with E-state index in [2.05, 4.69) is 0 Å². The minimum absolute atomic E-state index is 0.133. The zero-order valence-corrected chi connectivity index (χ0v) is 8.35. The fourth-order valence-electron chi connectivity index (χ4n) is 2.11. The Morgan fingerprint density at radius 1 is 1.29 bits per heavy atom. The Kier molecular flexibility index (Phi) is 3.47. The Balaban J connectivity index is 2.36. The summed E-state index contributed by atoms with van der Waals surface area (Å²) in [4.78, 5) is 1.17. The van der Waals surface area contributed by atoms with Crippen molar-refractivity contribution in [3.63, 3.8) is 0 Å². The topological polar surface area (TPSA) is 23.5 Å². The fourth-order valence-corrected chi connectivity index (χ4v) is 2.11. The first-order valence-corrected chi connectivity index (χ1v) is 4.93. The Labute approximate surface area is 82.1 Å². The zero-order chi connectivity index (χ0) is 10.8. The molecule has 0 unspecified atom stereocenters. The second-order valence-electron chi connectivity index (χ2n) is 4.34. The highest BCUT2D eigenvalue weighted by atomic mass is 19.4. The van der Waals surface area contributed by atoms with Gasteiger partial charge in [-0.1, -0.05) is 12.8 Å². The lowest BCUT2D eigenvalue weighted by Crippen LogP contribution is -2.44. The van der Waals surface area contributed by atoms with Crippen molar-refractivity contribution < 1.29 is 18.1 Å². The number of halogens is 3. The molecule has 0 aromatic heterocycles. The van der Waals surface area contributed by atoms with E-state index < -0.39 is 19.0 Å². The van der Waals surface area contributed by atoms with E-state index in [4.69, 9.17) is 0 Å². The van der Waals surface area contributed by atoms with Crippen molar-refractivity contribution in [1.29, 1.82) is 0 Å². The van der Waals surface area contributed by atoms with Gasteiger partial charge in [0.15, 0.2) is 0 Å². The summed E-state index contributed by atoms with van der Waals surface area (Å²) in [6.45, 7) is -4.64. The minimum Gasteiger partial charge on any atom is -0.448 e. The van der Waals surface area contributed by atoms with Gasteiger partial charge in [-0.3, -0.25) is 0 Å². The maximum Gasteiger partial charge on any atom is 0.492 e. The fraction of sp³-hybridized carbons (Fsp3) is 1.00. The summed E-state index contributed by atoms with van der Waals surface area (Å²) in [5.41, 5.74) is -0.879. The molecule has 1 fully saturated rings. The molecule has 1 aliphatic rings. The minimum atomic E-state index is -4.78. The third-order valence-corrected chi connectivity index (χ3v) is 2.62. The molecular weight excluding hydrogens is 194 g/mol. The van der Waals surface area contributed by atoms with Crippen LogP contribution in [0.25, 0.3) is 0 Å². The Hall–Kier alpha value is -0.225. The van der Waals surface area contributed by atoms with Gasteiger partial charge in [0.05, 0.1) is 5.60 Å². The molecule has 2 nitrogen and oxygen atoms in total. The second-order valence-corrected chi connectivity index (χ2v) is 4.34. The van der Waals surface area contributed by atoms with E-state index >= 15 is 0 Å².